The average Bonchev–Trinajstić information content (AvgIpc) is 2.23. The van der Waals surface area contributed by atoms with Crippen molar-refractivity contribution in [2.45, 2.75) is 19.2 Å². The van der Waals surface area contributed by atoms with Gasteiger partial charge in [-0.05, 0) is 30.5 Å². The summed E-state index contributed by atoms with van der Waals surface area (Å²) in [6.45, 7) is 0.494. The topological polar surface area (TPSA) is 38.3 Å². The van der Waals surface area contributed by atoms with Crippen LogP contribution in [0.4, 0.5) is 13.2 Å². The van der Waals surface area contributed by atoms with Gasteiger partial charge in [0.15, 0.2) is 0 Å². The molecule has 0 spiro atoms. The van der Waals surface area contributed by atoms with Crippen molar-refractivity contribution in [2.24, 2.45) is 0 Å². The summed E-state index contributed by atoms with van der Waals surface area (Å²) in [6, 6.07) is 5.81. The molecule has 1 N–H and O–H groups in total. The summed E-state index contributed by atoms with van der Waals surface area (Å²) in [6.07, 6.45) is -2.84. The molecule has 6 heteroatoms. The molecule has 17 heavy (non-hydrogen) atoms. The first-order valence-electron chi connectivity index (χ1n) is 5.03. The van der Waals surface area contributed by atoms with Crippen molar-refractivity contribution in [3.63, 3.8) is 0 Å². The summed E-state index contributed by atoms with van der Waals surface area (Å²) in [4.78, 5) is 9.97. The zero-order valence-corrected chi connectivity index (χ0v) is 8.96. The fourth-order valence-electron chi connectivity index (χ4n) is 1.35. The molecular weight excluding hydrogens is 235 g/mol. The van der Waals surface area contributed by atoms with E-state index in [9.17, 15) is 18.0 Å². The highest BCUT2D eigenvalue weighted by molar-refractivity contribution is 5.45. The number of ether oxygens (including phenoxy) is 1. The number of carbonyl (C=O) groups is 1. The van der Waals surface area contributed by atoms with E-state index in [4.69, 9.17) is 0 Å². The number of hydrogen-bond acceptors (Lipinski definition) is 2. The largest absolute Gasteiger partial charge is 0.573 e. The lowest BCUT2D eigenvalue weighted by atomic mass is 10.1. The molecule has 0 bridgehead atoms. The zero-order valence-electron chi connectivity index (χ0n) is 8.96. The minimum Gasteiger partial charge on any atom is -0.406 e. The maximum Gasteiger partial charge on any atom is 0.573 e. The van der Waals surface area contributed by atoms with Crippen LogP contribution in [0.25, 0.3) is 0 Å². The number of nitrogens with one attached hydrogen (secondary N) is 1. The Bertz CT molecular complexity index is 366. The molecule has 1 aromatic rings. The highest BCUT2D eigenvalue weighted by atomic mass is 19.4. The van der Waals surface area contributed by atoms with Crippen LogP contribution in [0.1, 0.15) is 12.0 Å². The Balaban J connectivity index is 2.51. The van der Waals surface area contributed by atoms with Gasteiger partial charge < -0.3 is 10.1 Å². The van der Waals surface area contributed by atoms with E-state index >= 15 is 0 Å². The van der Waals surface area contributed by atoms with Crippen molar-refractivity contribution in [3.05, 3.63) is 29.8 Å². The van der Waals surface area contributed by atoms with Gasteiger partial charge in [0, 0.05) is 6.54 Å². The van der Waals surface area contributed by atoms with Crippen LogP contribution >= 0.6 is 0 Å². The molecule has 0 aliphatic rings. The zero-order chi connectivity index (χ0) is 12.7. The molecule has 0 saturated carbocycles. The van der Waals surface area contributed by atoms with Crippen LogP contribution in [0.15, 0.2) is 24.3 Å². The molecule has 0 saturated heterocycles. The van der Waals surface area contributed by atoms with Gasteiger partial charge in [-0.1, -0.05) is 12.1 Å². The van der Waals surface area contributed by atoms with Crippen molar-refractivity contribution >= 4 is 6.41 Å². The molecule has 94 valence electrons. The number of amides is 1. The van der Waals surface area contributed by atoms with Crippen LogP contribution in [0.5, 0.6) is 5.75 Å². The van der Waals surface area contributed by atoms with Gasteiger partial charge in [0.25, 0.3) is 0 Å². The first kappa shape index (κ1) is 13.3. The lowest BCUT2D eigenvalue weighted by Crippen LogP contribution is -2.17. The van der Waals surface area contributed by atoms with Gasteiger partial charge in [0.2, 0.25) is 6.41 Å². The lowest BCUT2D eigenvalue weighted by Gasteiger charge is -2.09. The van der Waals surface area contributed by atoms with Crippen molar-refractivity contribution in [1.29, 1.82) is 0 Å². The third-order valence-corrected chi connectivity index (χ3v) is 2.00. The van der Waals surface area contributed by atoms with Crippen molar-refractivity contribution in [3.8, 4) is 5.75 Å². The van der Waals surface area contributed by atoms with Gasteiger partial charge >= 0.3 is 6.36 Å². The summed E-state index contributed by atoms with van der Waals surface area (Å²) in [7, 11) is 0. The summed E-state index contributed by atoms with van der Waals surface area (Å²) in [5, 5.41) is 2.48. The van der Waals surface area contributed by atoms with E-state index in [1.54, 1.807) is 6.07 Å². The number of benzene rings is 1. The summed E-state index contributed by atoms with van der Waals surface area (Å²) in [5.41, 5.74) is 0.736. The second kappa shape index (κ2) is 6.12. The quantitative estimate of drug-likeness (QED) is 0.618. The van der Waals surface area contributed by atoms with Crippen LogP contribution in [-0.2, 0) is 11.2 Å². The van der Waals surface area contributed by atoms with E-state index < -0.39 is 6.36 Å². The highest BCUT2D eigenvalue weighted by Crippen LogP contribution is 2.23. The van der Waals surface area contributed by atoms with E-state index in [1.807, 2.05) is 0 Å². The summed E-state index contributed by atoms with van der Waals surface area (Å²) < 4.78 is 39.7. The Morgan fingerprint density at radius 2 is 2.12 bits per heavy atom. The first-order valence-corrected chi connectivity index (χ1v) is 5.03. The Morgan fingerprint density at radius 3 is 2.76 bits per heavy atom. The predicted molar refractivity (Wildman–Crippen MR) is 55.5 cm³/mol. The summed E-state index contributed by atoms with van der Waals surface area (Å²) >= 11 is 0. The minimum absolute atomic E-state index is 0.224. The van der Waals surface area contributed by atoms with Gasteiger partial charge in [-0.3, -0.25) is 4.79 Å². The molecule has 1 aromatic carbocycles. The molecule has 1 rings (SSSR count). The van der Waals surface area contributed by atoms with Crippen LogP contribution in [0.3, 0.4) is 0 Å². The molecule has 1 amide bonds. The third kappa shape index (κ3) is 5.79. The highest BCUT2D eigenvalue weighted by Gasteiger charge is 2.30. The molecule has 0 atom stereocenters. The van der Waals surface area contributed by atoms with Gasteiger partial charge in [-0.15, -0.1) is 13.2 Å². The molecule has 0 fully saturated rings. The second-order valence-electron chi connectivity index (χ2n) is 3.37. The lowest BCUT2D eigenvalue weighted by molar-refractivity contribution is -0.274. The molecular formula is C11H12F3NO2. The molecule has 0 aliphatic carbocycles. The monoisotopic (exact) mass is 247 g/mol. The smallest absolute Gasteiger partial charge is 0.406 e. The second-order valence-corrected chi connectivity index (χ2v) is 3.37. The normalized spacial score (nSPS) is 11.0. The number of rotatable bonds is 6. The van der Waals surface area contributed by atoms with Crippen LogP contribution in [0.2, 0.25) is 0 Å². The van der Waals surface area contributed by atoms with Crippen molar-refractivity contribution in [2.75, 3.05) is 6.54 Å². The Morgan fingerprint density at radius 1 is 1.35 bits per heavy atom. The van der Waals surface area contributed by atoms with Gasteiger partial charge in [-0.25, -0.2) is 0 Å². The van der Waals surface area contributed by atoms with Gasteiger partial charge in [-0.2, -0.15) is 0 Å². The Labute approximate surface area is 96.6 Å². The van der Waals surface area contributed by atoms with E-state index in [-0.39, 0.29) is 5.75 Å². The van der Waals surface area contributed by atoms with Crippen molar-refractivity contribution in [1.82, 2.24) is 5.32 Å². The predicted octanol–water partition coefficient (Wildman–Crippen LogP) is 2.26. The molecule has 0 aliphatic heterocycles. The Hall–Kier alpha value is -1.72. The van der Waals surface area contributed by atoms with Gasteiger partial charge in [0.05, 0.1) is 0 Å². The maximum atomic E-state index is 12.0. The van der Waals surface area contributed by atoms with Crippen molar-refractivity contribution < 1.29 is 22.7 Å². The molecule has 0 unspecified atom stereocenters. The first-order chi connectivity index (χ1) is 8.01. The van der Waals surface area contributed by atoms with Crippen LogP contribution in [0, 0.1) is 0 Å². The Kier molecular flexibility index (Phi) is 4.81. The molecule has 0 heterocycles. The maximum absolute atomic E-state index is 12.0. The number of halogens is 3. The SMILES string of the molecule is O=CNCCCc1cccc(OC(F)(F)F)c1. The average molecular weight is 247 g/mol. The fraction of sp³-hybridized carbons (Fsp3) is 0.364. The number of aryl methyl sites for hydroxylation is 1. The number of alkyl halides is 3. The molecule has 0 aromatic heterocycles. The number of hydrogen-bond donors (Lipinski definition) is 1. The van der Waals surface area contributed by atoms with Crippen LogP contribution < -0.4 is 10.1 Å². The van der Waals surface area contributed by atoms with E-state index in [0.29, 0.717) is 25.8 Å². The van der Waals surface area contributed by atoms with Gasteiger partial charge in [0.1, 0.15) is 5.75 Å². The van der Waals surface area contributed by atoms with E-state index in [0.717, 1.165) is 5.56 Å². The number of carbonyl (C=O) groups excluding carboxylic acids is 1. The minimum atomic E-state index is -4.67. The standard InChI is InChI=1S/C11H12F3NO2/c12-11(13,14)17-10-5-1-3-9(7-10)4-2-6-15-8-16/h1,3,5,7-8H,2,4,6H2,(H,15,16). The fourth-order valence-corrected chi connectivity index (χ4v) is 1.35. The summed E-state index contributed by atoms with van der Waals surface area (Å²) in [5.74, 6) is -0.224. The molecule has 0 radical (unpaired) electrons. The van der Waals surface area contributed by atoms with E-state index in [1.165, 1.54) is 18.2 Å². The third-order valence-electron chi connectivity index (χ3n) is 2.00. The molecule has 3 nitrogen and oxygen atoms in total. The van der Waals surface area contributed by atoms with E-state index in [2.05, 4.69) is 10.1 Å². The van der Waals surface area contributed by atoms with Crippen LogP contribution in [-0.4, -0.2) is 19.3 Å².